The second kappa shape index (κ2) is 5.06. The number of aromatic nitrogens is 1. The van der Waals surface area contributed by atoms with Gasteiger partial charge in [0.05, 0.1) is 17.2 Å². The lowest BCUT2D eigenvalue weighted by Crippen LogP contribution is -2.53. The maximum Gasteiger partial charge on any atom is 0.130 e. The number of pyridine rings is 1. The number of hydrogen-bond donors (Lipinski definition) is 1. The molecule has 4 heteroatoms. The third-order valence-corrected chi connectivity index (χ3v) is 4.82. The third kappa shape index (κ3) is 2.38. The minimum absolute atomic E-state index is 0.345. The molecular weight excluding hydrogens is 250 g/mol. The predicted octanol–water partition coefficient (Wildman–Crippen LogP) is 2.39. The van der Waals surface area contributed by atoms with E-state index in [1.54, 1.807) is 0 Å². The van der Waals surface area contributed by atoms with Crippen molar-refractivity contribution in [2.45, 2.75) is 44.6 Å². The van der Waals surface area contributed by atoms with E-state index in [4.69, 9.17) is 5.26 Å². The molecule has 2 aliphatic rings. The van der Waals surface area contributed by atoms with Crippen LogP contribution in [0.15, 0.2) is 12.1 Å². The number of nitrogens with zero attached hydrogens (tertiary/aromatic N) is 3. The van der Waals surface area contributed by atoms with Crippen LogP contribution in [-0.2, 0) is 0 Å². The van der Waals surface area contributed by atoms with E-state index in [0.717, 1.165) is 50.3 Å². The average molecular weight is 271 g/mol. The van der Waals surface area contributed by atoms with Crippen LogP contribution in [0.2, 0.25) is 0 Å². The summed E-state index contributed by atoms with van der Waals surface area (Å²) in [5, 5.41) is 19.8. The Hall–Kier alpha value is -1.60. The maximum absolute atomic E-state index is 10.7. The van der Waals surface area contributed by atoms with Gasteiger partial charge in [-0.25, -0.2) is 4.98 Å². The molecule has 2 unspecified atom stereocenters. The number of fused-ring (bicyclic) bond motifs is 1. The van der Waals surface area contributed by atoms with Gasteiger partial charge in [-0.1, -0.05) is 12.8 Å². The molecule has 1 aromatic heterocycles. The van der Waals surface area contributed by atoms with Crippen molar-refractivity contribution in [2.24, 2.45) is 5.92 Å². The van der Waals surface area contributed by atoms with Gasteiger partial charge in [-0.3, -0.25) is 0 Å². The fourth-order valence-electron chi connectivity index (χ4n) is 3.66. The van der Waals surface area contributed by atoms with Gasteiger partial charge in [0.15, 0.2) is 0 Å². The van der Waals surface area contributed by atoms with Gasteiger partial charge in [-0.2, -0.15) is 5.26 Å². The van der Waals surface area contributed by atoms with Crippen LogP contribution in [-0.4, -0.2) is 28.8 Å². The van der Waals surface area contributed by atoms with Crippen molar-refractivity contribution in [2.75, 3.05) is 18.0 Å². The number of anilines is 1. The van der Waals surface area contributed by atoms with Gasteiger partial charge in [0.2, 0.25) is 0 Å². The molecule has 20 heavy (non-hydrogen) atoms. The molecule has 0 aromatic carbocycles. The summed E-state index contributed by atoms with van der Waals surface area (Å²) >= 11 is 0. The zero-order valence-electron chi connectivity index (χ0n) is 12.0. The van der Waals surface area contributed by atoms with Crippen molar-refractivity contribution >= 4 is 5.82 Å². The van der Waals surface area contributed by atoms with Gasteiger partial charge in [0.1, 0.15) is 5.82 Å². The Balaban J connectivity index is 1.83. The number of nitriles is 1. The molecule has 3 rings (SSSR count). The lowest BCUT2D eigenvalue weighted by Gasteiger charge is -2.47. The molecule has 0 radical (unpaired) electrons. The minimum Gasteiger partial charge on any atom is -0.389 e. The smallest absolute Gasteiger partial charge is 0.130 e. The fraction of sp³-hybridized carbons (Fsp3) is 0.625. The Morgan fingerprint density at radius 2 is 2.25 bits per heavy atom. The monoisotopic (exact) mass is 271 g/mol. The predicted molar refractivity (Wildman–Crippen MR) is 77.4 cm³/mol. The SMILES string of the molecule is Cc1cc(C#N)cc(N2CCC3(O)CCCCC3C2)n1. The highest BCUT2D eigenvalue weighted by Crippen LogP contribution is 2.40. The molecule has 2 atom stereocenters. The van der Waals surface area contributed by atoms with Crippen LogP contribution in [0.4, 0.5) is 5.82 Å². The largest absolute Gasteiger partial charge is 0.389 e. The summed E-state index contributed by atoms with van der Waals surface area (Å²) in [6, 6.07) is 5.87. The van der Waals surface area contributed by atoms with E-state index >= 15 is 0 Å². The lowest BCUT2D eigenvalue weighted by molar-refractivity contribution is -0.0613. The van der Waals surface area contributed by atoms with Crippen LogP contribution >= 0.6 is 0 Å². The Kier molecular flexibility index (Phi) is 3.39. The highest BCUT2D eigenvalue weighted by atomic mass is 16.3. The standard InChI is InChI=1S/C16H21N3O/c1-12-8-13(10-17)9-15(18-12)19-7-6-16(20)5-3-2-4-14(16)11-19/h8-9,14,20H,2-7,11H2,1H3. The van der Waals surface area contributed by atoms with Crippen molar-refractivity contribution < 1.29 is 5.11 Å². The molecule has 0 spiro atoms. The highest BCUT2D eigenvalue weighted by Gasteiger charge is 2.42. The lowest BCUT2D eigenvalue weighted by atomic mass is 9.71. The van der Waals surface area contributed by atoms with Crippen LogP contribution in [0, 0.1) is 24.2 Å². The van der Waals surface area contributed by atoms with Crippen molar-refractivity contribution in [3.63, 3.8) is 0 Å². The summed E-state index contributed by atoms with van der Waals surface area (Å²) in [4.78, 5) is 6.79. The third-order valence-electron chi connectivity index (χ3n) is 4.82. The first-order valence-electron chi connectivity index (χ1n) is 7.47. The van der Waals surface area contributed by atoms with Crippen molar-refractivity contribution in [1.29, 1.82) is 5.26 Å². The molecule has 0 bridgehead atoms. The summed E-state index contributed by atoms with van der Waals surface area (Å²) in [6.45, 7) is 3.61. The maximum atomic E-state index is 10.7. The molecule has 1 N–H and O–H groups in total. The highest BCUT2D eigenvalue weighted by molar-refractivity contribution is 5.47. The summed E-state index contributed by atoms with van der Waals surface area (Å²) in [7, 11) is 0. The summed E-state index contributed by atoms with van der Waals surface area (Å²) in [6.07, 6.45) is 5.22. The van der Waals surface area contributed by atoms with E-state index < -0.39 is 5.60 Å². The van der Waals surface area contributed by atoms with Crippen molar-refractivity contribution in [3.8, 4) is 6.07 Å². The van der Waals surface area contributed by atoms with E-state index in [1.165, 1.54) is 6.42 Å². The minimum atomic E-state index is -0.462. The van der Waals surface area contributed by atoms with E-state index in [0.29, 0.717) is 11.5 Å². The Morgan fingerprint density at radius 3 is 3.05 bits per heavy atom. The molecule has 2 fully saturated rings. The first kappa shape index (κ1) is 13.4. The molecular formula is C16H21N3O. The summed E-state index contributed by atoms with van der Waals surface area (Å²) in [5.41, 5.74) is 1.08. The van der Waals surface area contributed by atoms with Gasteiger partial charge in [0.25, 0.3) is 0 Å². The molecule has 0 amide bonds. The van der Waals surface area contributed by atoms with E-state index in [2.05, 4.69) is 16.0 Å². The molecule has 1 saturated carbocycles. The Morgan fingerprint density at radius 1 is 1.40 bits per heavy atom. The van der Waals surface area contributed by atoms with Crippen molar-refractivity contribution in [3.05, 3.63) is 23.4 Å². The first-order valence-corrected chi connectivity index (χ1v) is 7.47. The van der Waals surface area contributed by atoms with E-state index in [9.17, 15) is 5.11 Å². The zero-order chi connectivity index (χ0) is 14.2. The van der Waals surface area contributed by atoms with E-state index in [-0.39, 0.29) is 0 Å². The second-order valence-corrected chi connectivity index (χ2v) is 6.21. The van der Waals surface area contributed by atoms with Crippen LogP contribution in [0.3, 0.4) is 0 Å². The van der Waals surface area contributed by atoms with E-state index in [1.807, 2.05) is 19.1 Å². The van der Waals surface area contributed by atoms with Gasteiger partial charge in [-0.05, 0) is 38.3 Å². The number of hydrogen-bond acceptors (Lipinski definition) is 4. The van der Waals surface area contributed by atoms with Gasteiger partial charge in [0, 0.05) is 24.7 Å². The topological polar surface area (TPSA) is 60.2 Å². The Bertz CT molecular complexity index is 551. The number of rotatable bonds is 1. The number of aliphatic hydroxyl groups is 1. The molecule has 1 aliphatic heterocycles. The first-order chi connectivity index (χ1) is 9.60. The quantitative estimate of drug-likeness (QED) is 0.852. The fourth-order valence-corrected chi connectivity index (χ4v) is 3.66. The van der Waals surface area contributed by atoms with Crippen LogP contribution in [0.25, 0.3) is 0 Å². The number of piperidine rings is 1. The normalized spacial score (nSPS) is 29.6. The summed E-state index contributed by atoms with van der Waals surface area (Å²) < 4.78 is 0. The molecule has 106 valence electrons. The molecule has 1 aromatic rings. The van der Waals surface area contributed by atoms with Crippen LogP contribution < -0.4 is 4.90 Å². The Labute approximate surface area is 120 Å². The van der Waals surface area contributed by atoms with Gasteiger partial charge >= 0.3 is 0 Å². The van der Waals surface area contributed by atoms with Crippen LogP contribution in [0.1, 0.15) is 43.4 Å². The van der Waals surface area contributed by atoms with Crippen LogP contribution in [0.5, 0.6) is 0 Å². The molecule has 2 heterocycles. The van der Waals surface area contributed by atoms with Gasteiger partial charge in [-0.15, -0.1) is 0 Å². The average Bonchev–Trinajstić information content (AvgIpc) is 2.45. The molecule has 1 aliphatic carbocycles. The second-order valence-electron chi connectivity index (χ2n) is 6.21. The van der Waals surface area contributed by atoms with Gasteiger partial charge < -0.3 is 10.0 Å². The zero-order valence-corrected chi connectivity index (χ0v) is 12.0. The number of aryl methyl sites for hydroxylation is 1. The van der Waals surface area contributed by atoms with Crippen molar-refractivity contribution in [1.82, 2.24) is 4.98 Å². The molecule has 1 saturated heterocycles. The summed E-state index contributed by atoms with van der Waals surface area (Å²) in [5.74, 6) is 1.23. The molecule has 4 nitrogen and oxygen atoms in total.